The van der Waals surface area contributed by atoms with Crippen LogP contribution in [0.15, 0.2) is 22.7 Å². The van der Waals surface area contributed by atoms with Crippen molar-refractivity contribution in [2.45, 2.75) is 25.6 Å². The van der Waals surface area contributed by atoms with Gasteiger partial charge < -0.3 is 14.7 Å². The molecule has 0 bridgehead atoms. The van der Waals surface area contributed by atoms with Crippen LogP contribution in [0.25, 0.3) is 11.4 Å². The first-order chi connectivity index (χ1) is 12.6. The number of hydrogen-bond acceptors (Lipinski definition) is 6. The molecular formula is C16H16F4N4O3. The molecule has 7 nitrogen and oxygen atoms in total. The maximum absolute atomic E-state index is 14.3. The smallest absolute Gasteiger partial charge is 0.351 e. The Balaban J connectivity index is 1.68. The molecule has 1 aromatic heterocycles. The van der Waals surface area contributed by atoms with Gasteiger partial charge in [0.2, 0.25) is 5.82 Å². The summed E-state index contributed by atoms with van der Waals surface area (Å²) in [6, 6.07) is 3.38. The quantitative estimate of drug-likeness (QED) is 0.584. The number of alkyl halides is 3. The van der Waals surface area contributed by atoms with Crippen LogP contribution in [0.2, 0.25) is 0 Å². The summed E-state index contributed by atoms with van der Waals surface area (Å²) in [6.07, 6.45) is -4.00. The van der Waals surface area contributed by atoms with Gasteiger partial charge in [-0.25, -0.2) is 4.39 Å². The number of halogens is 4. The zero-order valence-electron chi connectivity index (χ0n) is 14.4. The van der Waals surface area contributed by atoms with Gasteiger partial charge in [0.1, 0.15) is 5.82 Å². The van der Waals surface area contributed by atoms with Gasteiger partial charge in [-0.3, -0.25) is 4.79 Å². The summed E-state index contributed by atoms with van der Waals surface area (Å²) in [7, 11) is 1.50. The molecule has 1 amide bonds. The highest BCUT2D eigenvalue weighted by Gasteiger charge is 2.50. The van der Waals surface area contributed by atoms with E-state index in [1.54, 1.807) is 0 Å². The highest BCUT2D eigenvalue weighted by atomic mass is 19.4. The minimum Gasteiger partial charge on any atom is -0.351 e. The molecule has 2 atom stereocenters. The predicted molar refractivity (Wildman–Crippen MR) is 83.7 cm³/mol. The lowest BCUT2D eigenvalue weighted by atomic mass is 10.1. The second-order valence-corrected chi connectivity index (χ2v) is 6.53. The van der Waals surface area contributed by atoms with Crippen LogP contribution in [0.5, 0.6) is 0 Å². The SMILES string of the molecule is CONC1CC1(C)CNC(=O)c1ccc(-c2noc(C(F)(F)F)n2)cc1F. The molecular weight excluding hydrogens is 372 g/mol. The van der Waals surface area contributed by atoms with E-state index in [9.17, 15) is 22.4 Å². The van der Waals surface area contributed by atoms with Crippen molar-refractivity contribution < 1.29 is 31.7 Å². The molecule has 2 N–H and O–H groups in total. The minimum atomic E-state index is -4.79. The van der Waals surface area contributed by atoms with Crippen molar-refractivity contribution in [3.05, 3.63) is 35.5 Å². The van der Waals surface area contributed by atoms with Gasteiger partial charge in [-0.05, 0) is 18.6 Å². The average molecular weight is 388 g/mol. The van der Waals surface area contributed by atoms with E-state index in [4.69, 9.17) is 4.84 Å². The van der Waals surface area contributed by atoms with E-state index >= 15 is 0 Å². The summed E-state index contributed by atoms with van der Waals surface area (Å²) in [5.74, 6) is -3.49. The monoisotopic (exact) mass is 388 g/mol. The molecule has 27 heavy (non-hydrogen) atoms. The fourth-order valence-electron chi connectivity index (χ4n) is 2.60. The summed E-state index contributed by atoms with van der Waals surface area (Å²) >= 11 is 0. The molecule has 2 aromatic rings. The van der Waals surface area contributed by atoms with E-state index in [1.165, 1.54) is 13.2 Å². The van der Waals surface area contributed by atoms with Gasteiger partial charge in [-0.15, -0.1) is 0 Å². The van der Waals surface area contributed by atoms with Crippen molar-refractivity contribution in [3.8, 4) is 11.4 Å². The lowest BCUT2D eigenvalue weighted by molar-refractivity contribution is -0.159. The number of hydrogen-bond donors (Lipinski definition) is 2. The Labute approximate surface area is 151 Å². The average Bonchev–Trinajstić information content (AvgIpc) is 3.01. The molecule has 3 rings (SSSR count). The summed E-state index contributed by atoms with van der Waals surface area (Å²) in [5, 5.41) is 5.82. The summed E-state index contributed by atoms with van der Waals surface area (Å²) in [4.78, 5) is 20.2. The van der Waals surface area contributed by atoms with Crippen molar-refractivity contribution >= 4 is 5.91 Å². The Morgan fingerprint density at radius 2 is 2.19 bits per heavy atom. The number of benzene rings is 1. The Bertz CT molecular complexity index is 854. The third kappa shape index (κ3) is 4.08. The van der Waals surface area contributed by atoms with E-state index in [2.05, 4.69) is 25.5 Å². The Kier molecular flexibility index (Phi) is 4.91. The number of hydroxylamine groups is 1. The standard InChI is InChI=1S/C16H16F4N4O3/c1-15(6-11(15)23-26-2)7-21-13(25)9-4-3-8(5-10(9)17)12-22-14(27-24-12)16(18,19)20/h3-5,11,23H,6-7H2,1-2H3,(H,21,25). The highest BCUT2D eigenvalue weighted by molar-refractivity contribution is 5.95. The number of carbonyl (C=O) groups is 1. The number of carbonyl (C=O) groups excluding carboxylic acids is 1. The van der Waals surface area contributed by atoms with Crippen molar-refractivity contribution in [3.63, 3.8) is 0 Å². The van der Waals surface area contributed by atoms with Gasteiger partial charge >= 0.3 is 12.1 Å². The van der Waals surface area contributed by atoms with E-state index in [1.807, 2.05) is 6.92 Å². The predicted octanol–water partition coefficient (Wildman–Crippen LogP) is 2.55. The van der Waals surface area contributed by atoms with Gasteiger partial charge in [0, 0.05) is 23.6 Å². The van der Waals surface area contributed by atoms with Crippen molar-refractivity contribution in [1.82, 2.24) is 20.9 Å². The van der Waals surface area contributed by atoms with Gasteiger partial charge in [0.05, 0.1) is 12.7 Å². The molecule has 1 saturated carbocycles. The molecule has 0 aliphatic heterocycles. The molecule has 0 spiro atoms. The van der Waals surface area contributed by atoms with Crippen LogP contribution in [0.1, 0.15) is 29.6 Å². The molecule has 1 aliphatic rings. The molecule has 11 heteroatoms. The van der Waals surface area contributed by atoms with E-state index in [-0.39, 0.29) is 22.6 Å². The topological polar surface area (TPSA) is 89.3 Å². The largest absolute Gasteiger partial charge is 0.471 e. The van der Waals surface area contributed by atoms with E-state index in [0.717, 1.165) is 18.6 Å². The van der Waals surface area contributed by atoms with Gasteiger partial charge in [0.25, 0.3) is 5.91 Å². The zero-order chi connectivity index (χ0) is 19.8. The van der Waals surface area contributed by atoms with Crippen LogP contribution >= 0.6 is 0 Å². The first-order valence-electron chi connectivity index (χ1n) is 7.91. The first-order valence-corrected chi connectivity index (χ1v) is 7.91. The van der Waals surface area contributed by atoms with Gasteiger partial charge in [-0.2, -0.15) is 23.6 Å². The third-order valence-corrected chi connectivity index (χ3v) is 4.40. The number of nitrogens with one attached hydrogen (secondary N) is 2. The number of nitrogens with zero attached hydrogens (tertiary/aromatic N) is 2. The summed E-state index contributed by atoms with van der Waals surface area (Å²) in [5.41, 5.74) is 2.32. The van der Waals surface area contributed by atoms with Crippen molar-refractivity contribution in [2.75, 3.05) is 13.7 Å². The number of rotatable bonds is 6. The Morgan fingerprint density at radius 1 is 1.44 bits per heavy atom. The van der Waals surface area contributed by atoms with Crippen LogP contribution in [0.4, 0.5) is 17.6 Å². The highest BCUT2D eigenvalue weighted by Crippen LogP contribution is 2.44. The maximum atomic E-state index is 14.3. The summed E-state index contributed by atoms with van der Waals surface area (Å²) < 4.78 is 55.8. The first kappa shape index (κ1) is 19.2. The molecule has 0 radical (unpaired) electrons. The minimum absolute atomic E-state index is 0.0400. The fourth-order valence-corrected chi connectivity index (χ4v) is 2.60. The fraction of sp³-hybridized carbons (Fsp3) is 0.438. The molecule has 1 heterocycles. The van der Waals surface area contributed by atoms with E-state index < -0.39 is 29.6 Å². The van der Waals surface area contributed by atoms with Crippen LogP contribution in [-0.4, -0.2) is 35.7 Å². The normalized spacial score (nSPS) is 21.9. The molecule has 1 aliphatic carbocycles. The number of aromatic nitrogens is 2. The summed E-state index contributed by atoms with van der Waals surface area (Å²) in [6.45, 7) is 2.26. The molecule has 1 aromatic carbocycles. The van der Waals surface area contributed by atoms with E-state index in [0.29, 0.717) is 6.54 Å². The molecule has 146 valence electrons. The van der Waals surface area contributed by atoms with Crippen LogP contribution in [0.3, 0.4) is 0 Å². The zero-order valence-corrected chi connectivity index (χ0v) is 14.4. The second kappa shape index (κ2) is 6.89. The molecule has 0 saturated heterocycles. The van der Waals surface area contributed by atoms with Crippen molar-refractivity contribution in [1.29, 1.82) is 0 Å². The van der Waals surface area contributed by atoms with Crippen molar-refractivity contribution in [2.24, 2.45) is 5.41 Å². The molecule has 1 fully saturated rings. The third-order valence-electron chi connectivity index (χ3n) is 4.40. The van der Waals surface area contributed by atoms with Crippen LogP contribution in [0, 0.1) is 11.2 Å². The lowest BCUT2D eigenvalue weighted by Crippen LogP contribution is -2.33. The Morgan fingerprint density at radius 3 is 2.78 bits per heavy atom. The van der Waals surface area contributed by atoms with Crippen LogP contribution in [-0.2, 0) is 11.0 Å². The number of amides is 1. The Hall–Kier alpha value is -2.53. The van der Waals surface area contributed by atoms with Crippen LogP contribution < -0.4 is 10.8 Å². The van der Waals surface area contributed by atoms with Gasteiger partial charge in [-0.1, -0.05) is 18.1 Å². The lowest BCUT2D eigenvalue weighted by Gasteiger charge is -2.13. The maximum Gasteiger partial charge on any atom is 0.471 e. The van der Waals surface area contributed by atoms with Gasteiger partial charge in [0.15, 0.2) is 0 Å². The molecule has 2 unspecified atom stereocenters. The second-order valence-electron chi connectivity index (χ2n) is 6.53.